The molecule has 0 spiro atoms. The van der Waals surface area contributed by atoms with Gasteiger partial charge in [-0.25, -0.2) is 8.42 Å². The third kappa shape index (κ3) is 8.64. The summed E-state index contributed by atoms with van der Waals surface area (Å²) in [6.07, 6.45) is -3.35. The predicted molar refractivity (Wildman–Crippen MR) is 148 cm³/mol. The maximum atomic E-state index is 13.7. The van der Waals surface area contributed by atoms with Crippen LogP contribution in [0.5, 0.6) is 0 Å². The van der Waals surface area contributed by atoms with E-state index in [1.165, 1.54) is 0 Å². The molecule has 0 aliphatic carbocycles. The van der Waals surface area contributed by atoms with E-state index >= 15 is 0 Å². The number of halogens is 6. The first-order valence-corrected chi connectivity index (χ1v) is 14.9. The van der Waals surface area contributed by atoms with Crippen LogP contribution in [0, 0.1) is 0 Å². The van der Waals surface area contributed by atoms with Crippen molar-refractivity contribution in [2.75, 3.05) is 17.1 Å². The van der Waals surface area contributed by atoms with Crippen LogP contribution < -0.4 is 9.62 Å². The molecule has 7 nitrogen and oxygen atoms in total. The first-order chi connectivity index (χ1) is 18.0. The third-order valence-corrected chi connectivity index (χ3v) is 8.18. The number of rotatable bonds is 11. The first-order valence-electron chi connectivity index (χ1n) is 11.9. The van der Waals surface area contributed by atoms with Crippen LogP contribution in [-0.4, -0.2) is 50.0 Å². The number of amides is 2. The number of alkyl halides is 3. The van der Waals surface area contributed by atoms with Gasteiger partial charge in [0, 0.05) is 28.2 Å². The molecule has 1 N–H and O–H groups in total. The van der Waals surface area contributed by atoms with Crippen LogP contribution in [0.25, 0.3) is 0 Å². The van der Waals surface area contributed by atoms with Crippen molar-refractivity contribution in [1.29, 1.82) is 0 Å². The molecule has 0 unspecified atom stereocenters. The predicted octanol–water partition coefficient (Wildman–Crippen LogP) is 6.15. The lowest BCUT2D eigenvalue weighted by Crippen LogP contribution is -2.53. The zero-order valence-electron chi connectivity index (χ0n) is 21.7. The summed E-state index contributed by atoms with van der Waals surface area (Å²) < 4.78 is 66.3. The van der Waals surface area contributed by atoms with Crippen LogP contribution in [0.15, 0.2) is 36.4 Å². The Balaban J connectivity index is 2.58. The molecule has 0 saturated heterocycles. The first kappa shape index (κ1) is 33.0. The number of carbonyl (C=O) groups is 2. The number of nitrogens with one attached hydrogen (secondary N) is 1. The molecule has 0 bridgehead atoms. The minimum absolute atomic E-state index is 0.147. The summed E-state index contributed by atoms with van der Waals surface area (Å²) in [6.45, 7) is 4.16. The van der Waals surface area contributed by atoms with Crippen molar-refractivity contribution in [1.82, 2.24) is 10.2 Å². The monoisotopic (exact) mass is 629 g/mol. The van der Waals surface area contributed by atoms with Crippen LogP contribution in [0.3, 0.4) is 0 Å². The Kier molecular flexibility index (Phi) is 11.4. The SMILES string of the molecule is CC[C@H](C)NC(=O)[C@H](CC)N(Cc1c(Cl)cccc1Cl)C(=O)CN(c1ccc(Cl)c(C(F)(F)F)c1)S(C)(=O)=O. The molecule has 0 aliphatic rings. The summed E-state index contributed by atoms with van der Waals surface area (Å²) in [5, 5.41) is 2.60. The highest BCUT2D eigenvalue weighted by Gasteiger charge is 2.36. The maximum Gasteiger partial charge on any atom is 0.417 e. The number of hydrogen-bond acceptors (Lipinski definition) is 4. The van der Waals surface area contributed by atoms with Gasteiger partial charge in [0.05, 0.1) is 22.5 Å². The van der Waals surface area contributed by atoms with Crippen molar-refractivity contribution in [2.45, 2.75) is 58.4 Å². The second kappa shape index (κ2) is 13.4. The Morgan fingerprint density at radius 3 is 2.08 bits per heavy atom. The molecule has 39 heavy (non-hydrogen) atoms. The van der Waals surface area contributed by atoms with Gasteiger partial charge in [-0.1, -0.05) is 54.7 Å². The van der Waals surface area contributed by atoms with Gasteiger partial charge in [-0.15, -0.1) is 0 Å². The van der Waals surface area contributed by atoms with E-state index in [0.717, 1.165) is 23.3 Å². The van der Waals surface area contributed by atoms with Crippen molar-refractivity contribution < 1.29 is 31.2 Å². The zero-order chi connectivity index (χ0) is 29.7. The molecule has 0 heterocycles. The van der Waals surface area contributed by atoms with Crippen LogP contribution in [0.4, 0.5) is 18.9 Å². The van der Waals surface area contributed by atoms with Gasteiger partial charge in [-0.2, -0.15) is 13.2 Å². The van der Waals surface area contributed by atoms with Crippen LogP contribution in [-0.2, 0) is 32.3 Å². The molecule has 2 atom stereocenters. The summed E-state index contributed by atoms with van der Waals surface area (Å²) in [5.74, 6) is -1.34. The molecule has 0 aliphatic heterocycles. The van der Waals surface area contributed by atoms with Crippen LogP contribution in [0.2, 0.25) is 15.1 Å². The lowest BCUT2D eigenvalue weighted by atomic mass is 10.1. The lowest BCUT2D eigenvalue weighted by Gasteiger charge is -2.34. The third-order valence-electron chi connectivity index (χ3n) is 6.00. The molecule has 2 rings (SSSR count). The molecule has 14 heteroatoms. The summed E-state index contributed by atoms with van der Waals surface area (Å²) in [7, 11) is -4.26. The standard InChI is InChI=1S/C25H29Cl3F3N3O4S/c1-5-15(3)32-24(36)22(6-2)33(13-17-19(26)8-7-9-20(17)27)23(35)14-34(39(4,37)38)16-10-11-21(28)18(12-16)25(29,30)31/h7-12,15,22H,5-6,13-14H2,1-4H3,(H,32,36)/t15-,22-/m0/s1. The molecule has 2 aromatic carbocycles. The Morgan fingerprint density at radius 1 is 1.00 bits per heavy atom. The Morgan fingerprint density at radius 2 is 1.59 bits per heavy atom. The van der Waals surface area contributed by atoms with E-state index in [2.05, 4.69) is 5.32 Å². The Labute approximate surface area is 241 Å². The van der Waals surface area contributed by atoms with Crippen LogP contribution >= 0.6 is 34.8 Å². The van der Waals surface area contributed by atoms with E-state index < -0.39 is 56.9 Å². The zero-order valence-corrected chi connectivity index (χ0v) is 24.7. The number of benzene rings is 2. The van der Waals surface area contributed by atoms with Crippen molar-refractivity contribution >= 4 is 62.3 Å². The number of carbonyl (C=O) groups excluding carboxylic acids is 2. The topological polar surface area (TPSA) is 86.8 Å². The van der Waals surface area contributed by atoms with E-state index in [1.54, 1.807) is 32.0 Å². The molecule has 216 valence electrons. The lowest BCUT2D eigenvalue weighted by molar-refractivity contribution is -0.140. The van der Waals surface area contributed by atoms with Crippen molar-refractivity contribution in [3.8, 4) is 0 Å². The molecule has 0 fully saturated rings. The van der Waals surface area contributed by atoms with Gasteiger partial charge in [0.2, 0.25) is 21.8 Å². The average molecular weight is 631 g/mol. The van der Waals surface area contributed by atoms with Crippen molar-refractivity contribution in [3.05, 3.63) is 62.6 Å². The van der Waals surface area contributed by atoms with Gasteiger partial charge in [0.25, 0.3) is 0 Å². The highest BCUT2D eigenvalue weighted by molar-refractivity contribution is 7.92. The Bertz CT molecular complexity index is 1290. The second-order valence-electron chi connectivity index (χ2n) is 8.90. The van der Waals surface area contributed by atoms with E-state index in [9.17, 15) is 31.2 Å². The maximum absolute atomic E-state index is 13.7. The number of nitrogens with zero attached hydrogens (tertiary/aromatic N) is 2. The van der Waals surface area contributed by atoms with Crippen molar-refractivity contribution in [2.24, 2.45) is 0 Å². The highest BCUT2D eigenvalue weighted by atomic mass is 35.5. The van der Waals surface area contributed by atoms with Crippen molar-refractivity contribution in [3.63, 3.8) is 0 Å². The molecule has 0 aromatic heterocycles. The largest absolute Gasteiger partial charge is 0.417 e. The van der Waals surface area contributed by atoms with Gasteiger partial charge >= 0.3 is 6.18 Å². The Hall–Kier alpha value is -2.21. The van der Waals surface area contributed by atoms with Gasteiger partial charge in [0.15, 0.2) is 0 Å². The molecule has 2 aromatic rings. The summed E-state index contributed by atoms with van der Waals surface area (Å²) >= 11 is 18.3. The van der Waals surface area contributed by atoms with Gasteiger partial charge in [0.1, 0.15) is 12.6 Å². The molecular weight excluding hydrogens is 602 g/mol. The normalized spacial score (nSPS) is 13.5. The fourth-order valence-electron chi connectivity index (χ4n) is 3.71. The fraction of sp³-hybridized carbons (Fsp3) is 0.440. The molecule has 2 amide bonds. The fourth-order valence-corrected chi connectivity index (χ4v) is 5.30. The second-order valence-corrected chi connectivity index (χ2v) is 12.0. The van der Waals surface area contributed by atoms with E-state index in [-0.39, 0.29) is 29.1 Å². The molecule has 0 saturated carbocycles. The van der Waals surface area contributed by atoms with Crippen LogP contribution in [0.1, 0.15) is 44.7 Å². The molecule has 0 radical (unpaired) electrons. The minimum Gasteiger partial charge on any atom is -0.352 e. The minimum atomic E-state index is -4.87. The summed E-state index contributed by atoms with van der Waals surface area (Å²) in [6, 6.07) is 5.93. The van der Waals surface area contributed by atoms with Gasteiger partial charge < -0.3 is 10.2 Å². The van der Waals surface area contributed by atoms with E-state index in [1.807, 2.05) is 6.92 Å². The number of hydrogen-bond donors (Lipinski definition) is 1. The van der Waals surface area contributed by atoms with Gasteiger partial charge in [-0.05, 0) is 50.1 Å². The molecular formula is C25H29Cl3F3N3O4S. The van der Waals surface area contributed by atoms with E-state index in [4.69, 9.17) is 34.8 Å². The summed E-state index contributed by atoms with van der Waals surface area (Å²) in [4.78, 5) is 28.0. The number of sulfonamides is 1. The quantitative estimate of drug-likeness (QED) is 0.323. The van der Waals surface area contributed by atoms with E-state index in [0.29, 0.717) is 22.4 Å². The van der Waals surface area contributed by atoms with Gasteiger partial charge in [-0.3, -0.25) is 13.9 Å². The summed E-state index contributed by atoms with van der Waals surface area (Å²) in [5.41, 5.74) is -1.36. The number of anilines is 1. The smallest absolute Gasteiger partial charge is 0.352 e. The highest BCUT2D eigenvalue weighted by Crippen LogP contribution is 2.37. The average Bonchev–Trinajstić information content (AvgIpc) is 2.83.